The van der Waals surface area contributed by atoms with Gasteiger partial charge in [-0.2, -0.15) is 5.10 Å². The molecule has 2 heterocycles. The van der Waals surface area contributed by atoms with Crippen LogP contribution in [0.2, 0.25) is 0 Å². The van der Waals surface area contributed by atoms with Gasteiger partial charge in [-0.25, -0.2) is 0 Å². The topological polar surface area (TPSA) is 39.1 Å². The molecule has 1 saturated heterocycles. The number of ether oxygens (including phenoxy) is 1. The van der Waals surface area contributed by atoms with Gasteiger partial charge in [-0.3, -0.25) is 4.68 Å². The minimum absolute atomic E-state index is 0.0619. The lowest BCUT2D eigenvalue weighted by atomic mass is 9.89. The van der Waals surface area contributed by atoms with Crippen LogP contribution in [0, 0.1) is 6.92 Å². The Morgan fingerprint density at radius 1 is 1.58 bits per heavy atom. The normalized spacial score (nSPS) is 24.9. The Morgan fingerprint density at radius 3 is 2.79 bits per heavy atom. The molecule has 1 aliphatic rings. The van der Waals surface area contributed by atoms with E-state index in [4.69, 9.17) is 4.74 Å². The first-order chi connectivity index (χ1) is 8.98. The average Bonchev–Trinajstić information content (AvgIpc) is 2.89. The van der Waals surface area contributed by atoms with Crippen molar-refractivity contribution in [1.82, 2.24) is 15.1 Å². The molecule has 0 aromatic carbocycles. The number of rotatable bonds is 5. The van der Waals surface area contributed by atoms with Crippen molar-refractivity contribution in [3.63, 3.8) is 0 Å². The van der Waals surface area contributed by atoms with Crippen LogP contribution in [0.3, 0.4) is 0 Å². The fourth-order valence-electron chi connectivity index (χ4n) is 2.92. The van der Waals surface area contributed by atoms with Crippen molar-refractivity contribution >= 4 is 15.9 Å². The van der Waals surface area contributed by atoms with Gasteiger partial charge in [0, 0.05) is 26.1 Å². The van der Waals surface area contributed by atoms with Gasteiger partial charge >= 0.3 is 0 Å². The summed E-state index contributed by atoms with van der Waals surface area (Å²) in [5.74, 6) is 0. The Morgan fingerprint density at radius 2 is 2.32 bits per heavy atom. The number of aryl methyl sites for hydroxylation is 2. The summed E-state index contributed by atoms with van der Waals surface area (Å²) in [7, 11) is 2.01. The molecule has 4 nitrogen and oxygen atoms in total. The van der Waals surface area contributed by atoms with Gasteiger partial charge in [0.05, 0.1) is 21.5 Å². The van der Waals surface area contributed by atoms with Gasteiger partial charge in [-0.05, 0) is 49.2 Å². The van der Waals surface area contributed by atoms with E-state index < -0.39 is 0 Å². The average molecular weight is 330 g/mol. The van der Waals surface area contributed by atoms with Crippen LogP contribution < -0.4 is 5.32 Å². The maximum atomic E-state index is 6.01. The summed E-state index contributed by atoms with van der Waals surface area (Å²) in [4.78, 5) is 0. The van der Waals surface area contributed by atoms with Crippen LogP contribution in [0.1, 0.15) is 38.1 Å². The van der Waals surface area contributed by atoms with Crippen LogP contribution in [-0.4, -0.2) is 34.6 Å². The second kappa shape index (κ2) is 5.94. The van der Waals surface area contributed by atoms with E-state index in [-0.39, 0.29) is 5.60 Å². The van der Waals surface area contributed by atoms with Crippen LogP contribution in [-0.2, 0) is 18.2 Å². The highest BCUT2D eigenvalue weighted by atomic mass is 79.9. The molecule has 0 saturated carbocycles. The second-order valence-electron chi connectivity index (χ2n) is 5.55. The smallest absolute Gasteiger partial charge is 0.0811 e. The first-order valence-corrected chi connectivity index (χ1v) is 7.82. The van der Waals surface area contributed by atoms with E-state index >= 15 is 0 Å². The molecule has 2 atom stereocenters. The molecule has 0 aliphatic carbocycles. The van der Waals surface area contributed by atoms with Crippen molar-refractivity contribution in [2.75, 3.05) is 13.2 Å². The van der Waals surface area contributed by atoms with Gasteiger partial charge in [0.1, 0.15) is 0 Å². The third-order valence-electron chi connectivity index (χ3n) is 4.10. The number of nitrogens with one attached hydrogen (secondary N) is 1. The molecule has 1 fully saturated rings. The lowest BCUT2D eigenvalue weighted by Gasteiger charge is -2.34. The van der Waals surface area contributed by atoms with Crippen molar-refractivity contribution in [1.29, 1.82) is 0 Å². The van der Waals surface area contributed by atoms with Crippen molar-refractivity contribution in [3.8, 4) is 0 Å². The largest absolute Gasteiger partial charge is 0.374 e. The van der Waals surface area contributed by atoms with Gasteiger partial charge in [0.25, 0.3) is 0 Å². The Hall–Kier alpha value is -0.390. The molecule has 2 unspecified atom stereocenters. The standard InChI is InChI=1S/C14H24BrN3O/c1-5-16-12(14(3)7-6-8-19-14)9-11-13(15)10(2)17-18(11)4/h12,16H,5-9H2,1-4H3. The van der Waals surface area contributed by atoms with Gasteiger partial charge in [0.15, 0.2) is 0 Å². The number of nitrogens with zero attached hydrogens (tertiary/aromatic N) is 2. The predicted molar refractivity (Wildman–Crippen MR) is 80.4 cm³/mol. The highest BCUT2D eigenvalue weighted by molar-refractivity contribution is 9.10. The Balaban J connectivity index is 2.21. The molecule has 0 bridgehead atoms. The van der Waals surface area contributed by atoms with Crippen molar-refractivity contribution in [2.45, 2.75) is 51.7 Å². The van der Waals surface area contributed by atoms with E-state index in [1.165, 1.54) is 5.69 Å². The van der Waals surface area contributed by atoms with Crippen LogP contribution in [0.25, 0.3) is 0 Å². The number of hydrogen-bond donors (Lipinski definition) is 1. The summed E-state index contributed by atoms with van der Waals surface area (Å²) in [6.07, 6.45) is 3.21. The Bertz CT molecular complexity index is 438. The van der Waals surface area contributed by atoms with Crippen LogP contribution in [0.15, 0.2) is 4.47 Å². The summed E-state index contributed by atoms with van der Waals surface area (Å²) >= 11 is 3.65. The maximum absolute atomic E-state index is 6.01. The summed E-state index contributed by atoms with van der Waals surface area (Å²) in [6.45, 7) is 8.24. The summed E-state index contributed by atoms with van der Waals surface area (Å²) in [6, 6.07) is 0.325. The molecular formula is C14H24BrN3O. The lowest BCUT2D eigenvalue weighted by molar-refractivity contribution is -0.0115. The summed E-state index contributed by atoms with van der Waals surface area (Å²) in [5, 5.41) is 8.06. The molecular weight excluding hydrogens is 306 g/mol. The van der Waals surface area contributed by atoms with Gasteiger partial charge in [0.2, 0.25) is 0 Å². The number of aromatic nitrogens is 2. The third kappa shape index (κ3) is 3.03. The molecule has 1 aliphatic heterocycles. The molecule has 0 spiro atoms. The molecule has 2 rings (SSSR count). The zero-order chi connectivity index (χ0) is 14.0. The highest BCUT2D eigenvalue weighted by Gasteiger charge is 2.38. The predicted octanol–water partition coefficient (Wildman–Crippen LogP) is 2.58. The fourth-order valence-corrected chi connectivity index (χ4v) is 3.42. The summed E-state index contributed by atoms with van der Waals surface area (Å²) < 4.78 is 9.11. The van der Waals surface area contributed by atoms with Crippen LogP contribution >= 0.6 is 15.9 Å². The zero-order valence-corrected chi connectivity index (χ0v) is 13.9. The lowest BCUT2D eigenvalue weighted by Crippen LogP contribution is -2.50. The minimum Gasteiger partial charge on any atom is -0.374 e. The number of halogens is 1. The Kier molecular flexibility index (Phi) is 4.69. The minimum atomic E-state index is -0.0619. The van der Waals surface area contributed by atoms with Crippen LogP contribution in [0.5, 0.6) is 0 Å². The van der Waals surface area contributed by atoms with E-state index in [2.05, 4.69) is 40.2 Å². The fraction of sp³-hybridized carbons (Fsp3) is 0.786. The van der Waals surface area contributed by atoms with Gasteiger partial charge in [-0.15, -0.1) is 0 Å². The van der Waals surface area contributed by atoms with Gasteiger partial charge in [-0.1, -0.05) is 6.92 Å². The highest BCUT2D eigenvalue weighted by Crippen LogP contribution is 2.32. The van der Waals surface area contributed by atoms with Crippen molar-refractivity contribution in [3.05, 3.63) is 15.9 Å². The molecule has 19 heavy (non-hydrogen) atoms. The van der Waals surface area contributed by atoms with E-state index in [0.717, 1.165) is 42.6 Å². The molecule has 0 radical (unpaired) electrons. The molecule has 108 valence electrons. The van der Waals surface area contributed by atoms with Crippen molar-refractivity contribution in [2.24, 2.45) is 7.05 Å². The monoisotopic (exact) mass is 329 g/mol. The third-order valence-corrected chi connectivity index (χ3v) is 5.13. The van der Waals surface area contributed by atoms with E-state index in [0.29, 0.717) is 6.04 Å². The Labute approximate surface area is 124 Å². The zero-order valence-electron chi connectivity index (χ0n) is 12.3. The second-order valence-corrected chi connectivity index (χ2v) is 6.34. The molecule has 5 heteroatoms. The maximum Gasteiger partial charge on any atom is 0.0811 e. The number of likely N-dealkylation sites (N-methyl/N-ethyl adjacent to an activating group) is 1. The quantitative estimate of drug-likeness (QED) is 0.902. The molecule has 1 aromatic rings. The first-order valence-electron chi connectivity index (χ1n) is 7.03. The van der Waals surface area contributed by atoms with Crippen molar-refractivity contribution < 1.29 is 4.74 Å². The van der Waals surface area contributed by atoms with E-state index in [1.54, 1.807) is 0 Å². The molecule has 1 N–H and O–H groups in total. The number of hydrogen-bond acceptors (Lipinski definition) is 3. The summed E-state index contributed by atoms with van der Waals surface area (Å²) in [5.41, 5.74) is 2.22. The first kappa shape index (κ1) is 15.0. The molecule has 0 amide bonds. The molecule has 1 aromatic heterocycles. The van der Waals surface area contributed by atoms with Crippen LogP contribution in [0.4, 0.5) is 0 Å². The van der Waals surface area contributed by atoms with Gasteiger partial charge < -0.3 is 10.1 Å². The van der Waals surface area contributed by atoms with E-state index in [1.807, 2.05) is 18.7 Å². The van der Waals surface area contributed by atoms with E-state index in [9.17, 15) is 0 Å². The SMILES string of the molecule is CCNC(Cc1c(Br)c(C)nn1C)C1(C)CCCO1.